The maximum Gasteiger partial charge on any atom is 0.490 e. The molecule has 1 aliphatic rings. The summed E-state index contributed by atoms with van der Waals surface area (Å²) < 4.78 is 66.4. The number of imidazole rings is 1. The molecule has 0 aliphatic carbocycles. The number of anilines is 1. The first kappa shape index (κ1) is 24.6. The third-order valence-electron chi connectivity index (χ3n) is 3.64. The van der Waals surface area contributed by atoms with Crippen molar-refractivity contribution >= 4 is 52.2 Å². The van der Waals surface area contributed by atoms with Crippen LogP contribution in [0.3, 0.4) is 0 Å². The molecule has 1 aliphatic heterocycles. The summed E-state index contributed by atoms with van der Waals surface area (Å²) in [7, 11) is -16.5. The fourth-order valence-electron chi connectivity index (χ4n) is 2.62. The minimum absolute atomic E-state index is 0.0682. The van der Waals surface area contributed by atoms with E-state index >= 15 is 0 Å². The van der Waals surface area contributed by atoms with E-state index in [0.717, 1.165) is 0 Å². The molecule has 5 unspecified atom stereocenters. The lowest BCUT2D eigenvalue weighted by Gasteiger charge is -2.18. The molecule has 0 amide bonds. The van der Waals surface area contributed by atoms with Gasteiger partial charge in [-0.2, -0.15) is 18.6 Å². The summed E-state index contributed by atoms with van der Waals surface area (Å²) in [4.78, 5) is 47.1. The first-order chi connectivity index (χ1) is 14.2. The van der Waals surface area contributed by atoms with E-state index in [1.807, 2.05) is 0 Å². The van der Waals surface area contributed by atoms with Crippen molar-refractivity contribution in [3.8, 4) is 0 Å². The molecular weight excluding hydrogens is 514 g/mol. The number of hydrogen-bond acceptors (Lipinski definition) is 11. The number of rotatable bonds is 8. The van der Waals surface area contributed by atoms with Crippen LogP contribution in [0.2, 0.25) is 5.15 Å². The molecule has 0 radical (unpaired) electrons. The topological polar surface area (TPSA) is 239 Å². The number of fused-ring (bicyclic) bond motifs is 1. The molecule has 0 saturated carbocycles. The van der Waals surface area contributed by atoms with Gasteiger partial charge in [0.05, 0.1) is 19.0 Å². The van der Waals surface area contributed by atoms with Crippen molar-refractivity contribution in [2.45, 2.75) is 24.9 Å². The third kappa shape index (κ3) is 6.26. The second-order valence-corrected chi connectivity index (χ2v) is 10.8. The van der Waals surface area contributed by atoms with Crippen molar-refractivity contribution < 1.29 is 55.5 Å². The molecule has 5 atom stereocenters. The number of nitrogen functional groups attached to an aromatic ring is 1. The standard InChI is InChI=1S/C10H14ClFN5O11P3/c11-7-6-8(16-10(13)15-7)17(3-14-6)9-5(12)1-4(26-9)2-25-30(21,22)28-31(23,24)27-29(18,19)20/h3-5,9H,1-2H2,(H,21,22)(H,23,24)(H2,13,15,16)(H2,18,19,20). The lowest BCUT2D eigenvalue weighted by atomic mass is 10.2. The van der Waals surface area contributed by atoms with Gasteiger partial charge in [-0.1, -0.05) is 11.6 Å². The summed E-state index contributed by atoms with van der Waals surface area (Å²) >= 11 is 5.90. The van der Waals surface area contributed by atoms with Gasteiger partial charge in [0, 0.05) is 6.42 Å². The zero-order chi connectivity index (χ0) is 23.2. The lowest BCUT2D eigenvalue weighted by Crippen LogP contribution is -2.17. The molecule has 3 rings (SSSR count). The minimum Gasteiger partial charge on any atom is -0.368 e. The highest BCUT2D eigenvalue weighted by Crippen LogP contribution is 2.66. The Morgan fingerprint density at radius 1 is 1.23 bits per heavy atom. The molecule has 6 N–H and O–H groups in total. The van der Waals surface area contributed by atoms with Crippen LogP contribution in [0.15, 0.2) is 6.33 Å². The highest BCUT2D eigenvalue weighted by molar-refractivity contribution is 7.66. The van der Waals surface area contributed by atoms with Gasteiger partial charge >= 0.3 is 23.5 Å². The predicted molar refractivity (Wildman–Crippen MR) is 98.0 cm³/mol. The van der Waals surface area contributed by atoms with Gasteiger partial charge in [-0.15, -0.1) is 0 Å². The Morgan fingerprint density at radius 3 is 2.55 bits per heavy atom. The van der Waals surface area contributed by atoms with Crippen molar-refractivity contribution in [2.24, 2.45) is 0 Å². The highest BCUT2D eigenvalue weighted by atomic mass is 35.5. The van der Waals surface area contributed by atoms with E-state index in [1.54, 1.807) is 0 Å². The molecular formula is C10H14ClFN5O11P3. The first-order valence-corrected chi connectivity index (χ1v) is 12.8. The van der Waals surface area contributed by atoms with E-state index in [1.165, 1.54) is 10.9 Å². The van der Waals surface area contributed by atoms with Gasteiger partial charge < -0.3 is 30.0 Å². The van der Waals surface area contributed by atoms with Gasteiger partial charge in [0.2, 0.25) is 5.95 Å². The zero-order valence-corrected chi connectivity index (χ0v) is 18.3. The molecule has 3 heterocycles. The van der Waals surface area contributed by atoms with E-state index in [0.29, 0.717) is 0 Å². The molecule has 174 valence electrons. The monoisotopic (exact) mass is 527 g/mol. The van der Waals surface area contributed by atoms with Crippen LogP contribution >= 0.6 is 35.1 Å². The van der Waals surface area contributed by atoms with Gasteiger partial charge in [0.15, 0.2) is 17.0 Å². The van der Waals surface area contributed by atoms with Crippen LogP contribution in [-0.4, -0.2) is 58.0 Å². The van der Waals surface area contributed by atoms with Gasteiger partial charge in [-0.3, -0.25) is 9.09 Å². The smallest absolute Gasteiger partial charge is 0.368 e. The highest BCUT2D eigenvalue weighted by Gasteiger charge is 2.43. The van der Waals surface area contributed by atoms with Crippen molar-refractivity contribution in [3.05, 3.63) is 11.5 Å². The van der Waals surface area contributed by atoms with Gasteiger partial charge in [-0.05, 0) is 0 Å². The number of nitrogens with two attached hydrogens (primary N) is 1. The van der Waals surface area contributed by atoms with Crippen molar-refractivity contribution in [1.29, 1.82) is 0 Å². The molecule has 2 aromatic rings. The van der Waals surface area contributed by atoms with Crippen molar-refractivity contribution in [3.63, 3.8) is 0 Å². The Kier molecular flexibility index (Phi) is 6.90. The normalized spacial score (nSPS) is 26.1. The average Bonchev–Trinajstić information content (AvgIpc) is 3.12. The maximum absolute atomic E-state index is 14.5. The summed E-state index contributed by atoms with van der Waals surface area (Å²) in [5.74, 6) is -0.197. The number of phosphoric acid groups is 3. The van der Waals surface area contributed by atoms with Crippen molar-refractivity contribution in [1.82, 2.24) is 19.5 Å². The van der Waals surface area contributed by atoms with Crippen LogP contribution in [0.25, 0.3) is 11.2 Å². The Labute approximate surface area is 176 Å². The number of nitrogens with zero attached hydrogens (tertiary/aromatic N) is 4. The van der Waals surface area contributed by atoms with Gasteiger partial charge in [-0.25, -0.2) is 23.1 Å². The number of halogens is 2. The van der Waals surface area contributed by atoms with Crippen LogP contribution in [0.5, 0.6) is 0 Å². The van der Waals surface area contributed by atoms with E-state index in [-0.39, 0.29) is 28.7 Å². The molecule has 0 spiro atoms. The minimum atomic E-state index is -5.66. The summed E-state index contributed by atoms with van der Waals surface area (Å²) in [5, 5.41) is -0.0705. The molecule has 31 heavy (non-hydrogen) atoms. The van der Waals surface area contributed by atoms with Crippen LogP contribution < -0.4 is 5.73 Å². The molecule has 16 nitrogen and oxygen atoms in total. The molecule has 2 aromatic heterocycles. The van der Waals surface area contributed by atoms with Gasteiger partial charge in [0.25, 0.3) is 0 Å². The van der Waals surface area contributed by atoms with Crippen LogP contribution in [0.1, 0.15) is 12.6 Å². The number of alkyl halides is 1. The molecule has 21 heteroatoms. The number of phosphoric ester groups is 1. The average molecular weight is 528 g/mol. The predicted octanol–water partition coefficient (Wildman–Crippen LogP) is 1.03. The van der Waals surface area contributed by atoms with E-state index in [9.17, 15) is 23.0 Å². The van der Waals surface area contributed by atoms with Crippen LogP contribution in [-0.2, 0) is 31.6 Å². The maximum atomic E-state index is 14.5. The summed E-state index contributed by atoms with van der Waals surface area (Å²) in [6.07, 6.45) is -3.27. The van der Waals surface area contributed by atoms with Crippen molar-refractivity contribution in [2.75, 3.05) is 12.3 Å². The van der Waals surface area contributed by atoms with Gasteiger partial charge in [0.1, 0.15) is 11.7 Å². The second-order valence-electron chi connectivity index (χ2n) is 5.98. The fourth-order valence-corrected chi connectivity index (χ4v) is 5.89. The summed E-state index contributed by atoms with van der Waals surface area (Å²) in [6, 6.07) is 0. The van der Waals surface area contributed by atoms with E-state index in [2.05, 4.69) is 28.1 Å². The first-order valence-electron chi connectivity index (χ1n) is 7.89. The third-order valence-corrected chi connectivity index (χ3v) is 7.71. The fraction of sp³-hybridized carbons (Fsp3) is 0.500. The molecule has 1 fully saturated rings. The number of hydrogen-bond donors (Lipinski definition) is 5. The number of ether oxygens (including phenoxy) is 1. The summed E-state index contributed by atoms with van der Waals surface area (Å²) in [5.41, 5.74) is 5.72. The number of aromatic nitrogens is 4. The molecule has 0 bridgehead atoms. The Bertz CT molecular complexity index is 1130. The van der Waals surface area contributed by atoms with E-state index in [4.69, 9.17) is 36.8 Å². The zero-order valence-electron chi connectivity index (χ0n) is 14.8. The Balaban J connectivity index is 1.66. The van der Waals surface area contributed by atoms with E-state index < -0.39 is 48.6 Å². The Morgan fingerprint density at radius 2 is 1.90 bits per heavy atom. The molecule has 0 aromatic carbocycles. The Hall–Kier alpha value is -1.06. The lowest BCUT2D eigenvalue weighted by molar-refractivity contribution is -0.0346. The summed E-state index contributed by atoms with van der Waals surface area (Å²) in [6.45, 7) is -0.800. The van der Waals surface area contributed by atoms with Crippen LogP contribution in [0, 0.1) is 0 Å². The second kappa shape index (κ2) is 8.71. The quantitative estimate of drug-likeness (QED) is 0.238. The molecule has 1 saturated heterocycles. The largest absolute Gasteiger partial charge is 0.490 e. The van der Waals surface area contributed by atoms with Crippen LogP contribution in [0.4, 0.5) is 10.3 Å². The SMILES string of the molecule is Nc1nc(Cl)c2ncn(C3OC(COP(=O)(O)OP(=O)(O)OP(=O)(O)O)CC3F)c2n1.